The third-order valence-electron chi connectivity index (χ3n) is 2.17. The molecule has 0 bridgehead atoms. The van der Waals surface area contributed by atoms with E-state index in [1.807, 2.05) is 0 Å². The van der Waals surface area contributed by atoms with Gasteiger partial charge in [0.05, 0.1) is 12.0 Å². The maximum atomic E-state index is 11.9. The van der Waals surface area contributed by atoms with Crippen molar-refractivity contribution >= 4 is 26.5 Å². The molecule has 18 heavy (non-hydrogen) atoms. The molecule has 3 N–H and O–H groups in total. The van der Waals surface area contributed by atoms with Crippen LogP contribution in [0.15, 0.2) is 22.9 Å². The average Bonchev–Trinajstić information content (AvgIpc) is 2.86. The Morgan fingerprint density at radius 2 is 2.28 bits per heavy atom. The third-order valence-corrected chi connectivity index (χ3v) is 4.30. The van der Waals surface area contributed by atoms with E-state index in [0.717, 1.165) is 0 Å². The first-order chi connectivity index (χ1) is 8.38. The predicted molar refractivity (Wildman–Crippen MR) is 68.7 cm³/mol. The maximum Gasteiger partial charge on any atom is 0.282 e. The Morgan fingerprint density at radius 1 is 1.56 bits per heavy atom. The highest BCUT2D eigenvalue weighted by atomic mass is 32.2. The Bertz CT molecular complexity index is 643. The van der Waals surface area contributed by atoms with Crippen LogP contribution in [0.1, 0.15) is 18.7 Å². The van der Waals surface area contributed by atoms with Crippen LogP contribution in [0.25, 0.3) is 0 Å². The van der Waals surface area contributed by atoms with E-state index in [1.165, 1.54) is 23.9 Å². The van der Waals surface area contributed by atoms with Gasteiger partial charge in [-0.1, -0.05) is 0 Å². The zero-order valence-corrected chi connectivity index (χ0v) is 11.5. The highest BCUT2D eigenvalue weighted by Crippen LogP contribution is 2.21. The number of thiazole rings is 1. The summed E-state index contributed by atoms with van der Waals surface area (Å²) in [6.45, 7) is 1.78. The fourth-order valence-corrected chi connectivity index (χ4v) is 3.29. The van der Waals surface area contributed by atoms with Gasteiger partial charge in [0.15, 0.2) is 10.2 Å². The standard InChI is InChI=1S/C9H13N5O2S2/c1-6(10)7-4-17-9(12-7)13-18(15,16)8-3-14(2)5-11-8/h3-6H,10H2,1-2H3,(H,12,13). The molecule has 2 heterocycles. The van der Waals surface area contributed by atoms with Gasteiger partial charge in [-0.25, -0.2) is 9.97 Å². The minimum Gasteiger partial charge on any atom is -0.339 e. The van der Waals surface area contributed by atoms with Crippen molar-refractivity contribution in [3.8, 4) is 0 Å². The van der Waals surface area contributed by atoms with E-state index in [4.69, 9.17) is 5.73 Å². The molecule has 0 saturated heterocycles. The number of sulfonamides is 1. The molecule has 1 atom stereocenters. The molecule has 0 aliphatic rings. The Kier molecular flexibility index (Phi) is 3.37. The summed E-state index contributed by atoms with van der Waals surface area (Å²) in [4.78, 5) is 7.89. The van der Waals surface area contributed by atoms with Crippen LogP contribution in [0.3, 0.4) is 0 Å². The van der Waals surface area contributed by atoms with Gasteiger partial charge >= 0.3 is 0 Å². The fourth-order valence-electron chi connectivity index (χ4n) is 1.24. The molecule has 7 nitrogen and oxygen atoms in total. The maximum absolute atomic E-state index is 11.9. The SMILES string of the molecule is CC(N)c1csc(NS(=O)(=O)c2cn(C)cn2)n1. The number of imidazole rings is 1. The number of nitrogens with two attached hydrogens (primary N) is 1. The van der Waals surface area contributed by atoms with Crippen molar-refractivity contribution in [1.29, 1.82) is 0 Å². The van der Waals surface area contributed by atoms with E-state index in [1.54, 1.807) is 23.9 Å². The van der Waals surface area contributed by atoms with Crippen molar-refractivity contribution in [1.82, 2.24) is 14.5 Å². The summed E-state index contributed by atoms with van der Waals surface area (Å²) in [6.07, 6.45) is 2.84. The van der Waals surface area contributed by atoms with Crippen LogP contribution in [0, 0.1) is 0 Å². The number of rotatable bonds is 4. The number of anilines is 1. The van der Waals surface area contributed by atoms with Gasteiger partial charge in [0, 0.05) is 24.7 Å². The summed E-state index contributed by atoms with van der Waals surface area (Å²) in [7, 11) is -1.98. The van der Waals surface area contributed by atoms with Crippen LogP contribution in [0.4, 0.5) is 5.13 Å². The summed E-state index contributed by atoms with van der Waals surface area (Å²) in [6, 6.07) is -0.227. The lowest BCUT2D eigenvalue weighted by atomic mass is 10.3. The zero-order chi connectivity index (χ0) is 13.3. The molecule has 0 aromatic carbocycles. The van der Waals surface area contributed by atoms with Gasteiger partial charge in [-0.2, -0.15) is 8.42 Å². The lowest BCUT2D eigenvalue weighted by Crippen LogP contribution is -2.13. The summed E-state index contributed by atoms with van der Waals surface area (Å²) in [5, 5.41) is 1.97. The Morgan fingerprint density at radius 3 is 2.78 bits per heavy atom. The number of hydrogen-bond acceptors (Lipinski definition) is 6. The minimum atomic E-state index is -3.68. The largest absolute Gasteiger partial charge is 0.339 e. The van der Waals surface area contributed by atoms with E-state index in [0.29, 0.717) is 5.69 Å². The number of nitrogens with zero attached hydrogens (tertiary/aromatic N) is 3. The highest BCUT2D eigenvalue weighted by Gasteiger charge is 2.19. The first-order valence-corrected chi connectivity index (χ1v) is 7.46. The number of aryl methyl sites for hydroxylation is 1. The average molecular weight is 287 g/mol. The molecule has 0 fully saturated rings. The predicted octanol–water partition coefficient (Wildman–Crippen LogP) is 0.697. The number of aromatic nitrogens is 3. The number of nitrogens with one attached hydrogen (secondary N) is 1. The van der Waals surface area contributed by atoms with Gasteiger partial charge in [0.25, 0.3) is 10.0 Å². The van der Waals surface area contributed by atoms with Crippen LogP contribution in [-0.2, 0) is 17.1 Å². The first-order valence-electron chi connectivity index (χ1n) is 5.10. The van der Waals surface area contributed by atoms with E-state index in [9.17, 15) is 8.42 Å². The quantitative estimate of drug-likeness (QED) is 0.861. The van der Waals surface area contributed by atoms with Gasteiger partial charge in [-0.05, 0) is 6.92 Å². The fraction of sp³-hybridized carbons (Fsp3) is 0.333. The topological polar surface area (TPSA) is 103 Å². The molecule has 2 aromatic rings. The second kappa shape index (κ2) is 4.67. The molecule has 0 spiro atoms. The minimum absolute atomic E-state index is 0.0393. The molecule has 0 radical (unpaired) electrons. The van der Waals surface area contributed by atoms with Gasteiger partial charge in [-0.3, -0.25) is 4.72 Å². The summed E-state index contributed by atoms with van der Waals surface area (Å²) < 4.78 is 27.8. The lowest BCUT2D eigenvalue weighted by Gasteiger charge is -2.01. The molecule has 0 saturated carbocycles. The highest BCUT2D eigenvalue weighted by molar-refractivity contribution is 7.92. The zero-order valence-electron chi connectivity index (χ0n) is 9.86. The lowest BCUT2D eigenvalue weighted by molar-refractivity contribution is 0.598. The van der Waals surface area contributed by atoms with Crippen molar-refractivity contribution in [3.63, 3.8) is 0 Å². The second-order valence-corrected chi connectivity index (χ2v) is 6.34. The van der Waals surface area contributed by atoms with E-state index in [-0.39, 0.29) is 16.2 Å². The Hall–Kier alpha value is -1.45. The monoisotopic (exact) mass is 287 g/mol. The molecule has 9 heteroatoms. The van der Waals surface area contributed by atoms with Crippen molar-refractivity contribution in [3.05, 3.63) is 23.6 Å². The third kappa shape index (κ3) is 2.68. The van der Waals surface area contributed by atoms with Gasteiger partial charge in [0.2, 0.25) is 0 Å². The molecule has 0 amide bonds. The molecule has 0 aliphatic carbocycles. The van der Waals surface area contributed by atoms with Crippen molar-refractivity contribution < 1.29 is 8.42 Å². The van der Waals surface area contributed by atoms with Crippen LogP contribution in [0.5, 0.6) is 0 Å². The van der Waals surface area contributed by atoms with Crippen LogP contribution in [0.2, 0.25) is 0 Å². The van der Waals surface area contributed by atoms with Crippen LogP contribution in [-0.4, -0.2) is 23.0 Å². The molecular formula is C9H13N5O2S2. The summed E-state index contributed by atoms with van der Waals surface area (Å²) >= 11 is 1.19. The Labute approximate surface area is 109 Å². The van der Waals surface area contributed by atoms with E-state index < -0.39 is 10.0 Å². The Balaban J connectivity index is 2.22. The van der Waals surface area contributed by atoms with E-state index >= 15 is 0 Å². The summed E-state index contributed by atoms with van der Waals surface area (Å²) in [5.74, 6) is 0. The van der Waals surface area contributed by atoms with Gasteiger partial charge < -0.3 is 10.3 Å². The smallest absolute Gasteiger partial charge is 0.282 e. The molecular weight excluding hydrogens is 274 g/mol. The van der Waals surface area contributed by atoms with Crippen molar-refractivity contribution in [2.24, 2.45) is 12.8 Å². The molecule has 2 aromatic heterocycles. The molecule has 0 aliphatic heterocycles. The van der Waals surface area contributed by atoms with Crippen molar-refractivity contribution in [2.45, 2.75) is 18.0 Å². The van der Waals surface area contributed by atoms with Crippen molar-refractivity contribution in [2.75, 3.05) is 4.72 Å². The first kappa shape index (κ1) is 13.0. The summed E-state index contributed by atoms with van der Waals surface area (Å²) in [5.41, 5.74) is 6.31. The van der Waals surface area contributed by atoms with Crippen LogP contribution < -0.4 is 10.5 Å². The van der Waals surface area contributed by atoms with Crippen LogP contribution >= 0.6 is 11.3 Å². The van der Waals surface area contributed by atoms with E-state index in [2.05, 4.69) is 14.7 Å². The molecule has 1 unspecified atom stereocenters. The normalized spacial score (nSPS) is 13.5. The molecule has 98 valence electrons. The van der Waals surface area contributed by atoms with Gasteiger partial charge in [0.1, 0.15) is 0 Å². The second-order valence-electron chi connectivity index (χ2n) is 3.85. The number of hydrogen-bond donors (Lipinski definition) is 2. The van der Waals surface area contributed by atoms with Gasteiger partial charge in [-0.15, -0.1) is 11.3 Å². The molecule has 2 rings (SSSR count).